The van der Waals surface area contributed by atoms with Crippen LogP contribution in [0.1, 0.15) is 26.0 Å². The van der Waals surface area contributed by atoms with Crippen molar-refractivity contribution in [3.63, 3.8) is 0 Å². The normalized spacial score (nSPS) is 12.3. The zero-order valence-electron chi connectivity index (χ0n) is 17.5. The van der Waals surface area contributed by atoms with Crippen LogP contribution >= 0.6 is 11.6 Å². The maximum atomic E-state index is 4.64. The van der Waals surface area contributed by atoms with Crippen LogP contribution in [0.4, 0.5) is 0 Å². The number of fused-ring (bicyclic) bond motifs is 2. The zero-order valence-corrected chi connectivity index (χ0v) is 20.7. The number of alkyl halides is 1. The third-order valence-corrected chi connectivity index (χ3v) is 5.12. The summed E-state index contributed by atoms with van der Waals surface area (Å²) >= 11 is 4.64. The van der Waals surface area contributed by atoms with Gasteiger partial charge in [0.15, 0.2) is 0 Å². The molecule has 3 heteroatoms. The number of para-hydroxylation sites is 1. The van der Waals surface area contributed by atoms with E-state index < -0.39 is 0 Å². The Morgan fingerprint density at radius 2 is 1.55 bits per heavy atom. The predicted molar refractivity (Wildman–Crippen MR) is 124 cm³/mol. The summed E-state index contributed by atoms with van der Waals surface area (Å²) in [5.74, 6) is 0. The summed E-state index contributed by atoms with van der Waals surface area (Å²) in [6, 6.07) is 23.8. The van der Waals surface area contributed by atoms with Gasteiger partial charge in [0.2, 0.25) is 0 Å². The predicted octanol–water partition coefficient (Wildman–Crippen LogP) is 7.75. The summed E-state index contributed by atoms with van der Waals surface area (Å²) in [5.41, 5.74) is 6.51. The molecule has 1 heterocycles. The van der Waals surface area contributed by atoms with Crippen molar-refractivity contribution in [2.75, 3.05) is 6.38 Å². The van der Waals surface area contributed by atoms with Crippen molar-refractivity contribution in [1.82, 2.24) is 4.57 Å². The summed E-state index contributed by atoms with van der Waals surface area (Å²) < 4.78 is 2.33. The second kappa shape index (κ2) is 10.9. The van der Waals surface area contributed by atoms with E-state index in [9.17, 15) is 0 Å². The van der Waals surface area contributed by atoms with Crippen molar-refractivity contribution in [3.05, 3.63) is 95.7 Å². The Morgan fingerprint density at radius 1 is 0.897 bits per heavy atom. The largest absolute Gasteiger partial charge is 2.00 e. The van der Waals surface area contributed by atoms with Gasteiger partial charge in [-0.2, -0.15) is 6.08 Å². The topological polar surface area (TPSA) is 4.93 Å². The third-order valence-electron chi connectivity index (χ3n) is 5.12. The van der Waals surface area contributed by atoms with Gasteiger partial charge in [0.05, 0.1) is 5.52 Å². The zero-order chi connectivity index (χ0) is 20.1. The molecule has 0 spiro atoms. The van der Waals surface area contributed by atoms with Gasteiger partial charge < -0.3 is 4.57 Å². The summed E-state index contributed by atoms with van der Waals surface area (Å²) in [6.45, 7) is 6.38. The molecule has 0 atom stereocenters. The Kier molecular flexibility index (Phi) is 8.81. The van der Waals surface area contributed by atoms with E-state index in [-0.39, 0.29) is 26.2 Å². The number of aromatic nitrogens is 1. The van der Waals surface area contributed by atoms with E-state index in [4.69, 9.17) is 0 Å². The fraction of sp³-hybridized carbons (Fsp3) is 0.192. The maximum Gasteiger partial charge on any atom is 2.00 e. The summed E-state index contributed by atoms with van der Waals surface area (Å²) in [7, 11) is 0. The molecule has 0 saturated carbocycles. The number of nitrogens with zero attached hydrogens (tertiary/aromatic N) is 1. The first-order valence-electron chi connectivity index (χ1n) is 9.49. The molecule has 1 nitrogen and oxygen atoms in total. The van der Waals surface area contributed by atoms with Crippen molar-refractivity contribution in [2.45, 2.75) is 27.2 Å². The van der Waals surface area contributed by atoms with E-state index in [0.717, 1.165) is 6.42 Å². The van der Waals surface area contributed by atoms with E-state index in [1.54, 1.807) is 0 Å². The van der Waals surface area contributed by atoms with Crippen LogP contribution in [0.25, 0.3) is 27.4 Å². The number of allylic oxidation sites excluding steroid dienone is 4. The Morgan fingerprint density at radius 3 is 2.14 bits per heavy atom. The first-order chi connectivity index (χ1) is 13.6. The van der Waals surface area contributed by atoms with Gasteiger partial charge in [0.1, 0.15) is 0 Å². The number of halogens is 1. The van der Waals surface area contributed by atoms with Crippen LogP contribution in [0.3, 0.4) is 0 Å². The molecule has 1 aliphatic carbocycles. The van der Waals surface area contributed by atoms with Gasteiger partial charge in [0.25, 0.3) is 0 Å². The van der Waals surface area contributed by atoms with E-state index in [1.807, 2.05) is 0 Å². The van der Waals surface area contributed by atoms with Crippen molar-refractivity contribution in [3.8, 4) is 5.69 Å². The Bertz CT molecular complexity index is 1090. The van der Waals surface area contributed by atoms with Crippen LogP contribution in [0.15, 0.2) is 84.0 Å². The first kappa shape index (κ1) is 23.5. The molecule has 0 amide bonds. The molecule has 0 bridgehead atoms. The molecule has 0 aliphatic heterocycles. The van der Waals surface area contributed by atoms with Gasteiger partial charge in [-0.3, -0.25) is 6.08 Å². The van der Waals surface area contributed by atoms with Gasteiger partial charge in [-0.25, -0.2) is 11.1 Å². The van der Waals surface area contributed by atoms with Crippen LogP contribution in [0.2, 0.25) is 0 Å². The first-order valence-corrected chi connectivity index (χ1v) is 10.2. The van der Waals surface area contributed by atoms with Crippen molar-refractivity contribution in [2.24, 2.45) is 0 Å². The minimum absolute atomic E-state index is 0. The van der Waals surface area contributed by atoms with Crippen LogP contribution in [0, 0.1) is 13.0 Å². The Hall–Kier alpha value is -1.76. The Balaban J connectivity index is 0.000000256. The number of rotatable bonds is 1. The molecular formula is C26H26ClNZr. The number of hydrogen-bond donors (Lipinski definition) is 0. The SMILES string of the molecule is CC1=[C-]CC=C1C.CCl.Cc1cc2ccccc2n1-c1cc2ccccc2[cH-]1.[Zr+2]. The van der Waals surface area contributed by atoms with Crippen molar-refractivity contribution < 1.29 is 26.2 Å². The molecule has 5 rings (SSSR count). The minimum Gasteiger partial charge on any atom is -0.332 e. The van der Waals surface area contributed by atoms with Crippen LogP contribution < -0.4 is 0 Å². The molecule has 1 aliphatic rings. The van der Waals surface area contributed by atoms with Gasteiger partial charge in [-0.05, 0) is 24.7 Å². The Labute approximate surface area is 198 Å². The van der Waals surface area contributed by atoms with Gasteiger partial charge in [-0.1, -0.05) is 31.2 Å². The van der Waals surface area contributed by atoms with Crippen LogP contribution in [-0.2, 0) is 26.2 Å². The molecule has 29 heavy (non-hydrogen) atoms. The summed E-state index contributed by atoms with van der Waals surface area (Å²) in [5, 5.41) is 3.90. The third kappa shape index (κ3) is 5.24. The number of benzene rings is 2. The summed E-state index contributed by atoms with van der Waals surface area (Å²) in [6.07, 6.45) is 7.88. The average Bonchev–Trinajstić information content (AvgIpc) is 3.39. The fourth-order valence-electron chi connectivity index (χ4n) is 3.55. The molecule has 0 unspecified atom stereocenters. The van der Waals surface area contributed by atoms with Crippen molar-refractivity contribution >= 4 is 33.3 Å². The molecule has 0 saturated heterocycles. The summed E-state index contributed by atoms with van der Waals surface area (Å²) in [4.78, 5) is 0. The van der Waals surface area contributed by atoms with E-state index in [2.05, 4.69) is 116 Å². The number of hydrogen-bond acceptors (Lipinski definition) is 0. The second-order valence-electron chi connectivity index (χ2n) is 6.92. The van der Waals surface area contributed by atoms with Gasteiger partial charge in [0, 0.05) is 17.5 Å². The molecule has 0 fully saturated rings. The number of aryl methyl sites for hydroxylation is 1. The molecule has 4 aromatic rings. The van der Waals surface area contributed by atoms with Gasteiger partial charge >= 0.3 is 26.2 Å². The molecule has 0 N–H and O–H groups in total. The molecule has 1 aromatic heterocycles. The smallest absolute Gasteiger partial charge is 0.332 e. The van der Waals surface area contributed by atoms with Crippen molar-refractivity contribution in [1.29, 1.82) is 0 Å². The fourth-order valence-corrected chi connectivity index (χ4v) is 3.55. The molecule has 0 radical (unpaired) electrons. The monoisotopic (exact) mass is 477 g/mol. The minimum atomic E-state index is 0. The molecule has 3 aromatic carbocycles. The molecular weight excluding hydrogens is 453 g/mol. The second-order valence-corrected chi connectivity index (χ2v) is 6.92. The van der Waals surface area contributed by atoms with E-state index >= 15 is 0 Å². The standard InChI is InChI=1S/C18H14N.C7H9.CH3Cl.Zr/c1-13-10-16-8-4-5-9-18(16)19(13)17-11-14-6-2-3-7-15(14)12-17;1-6-4-3-5-7(6)2;1-2;/h2-12H,1H3;4H,3H2,1-2H3;1H3;/q2*-1;;+2. The van der Waals surface area contributed by atoms with Crippen LogP contribution in [0.5, 0.6) is 0 Å². The maximum absolute atomic E-state index is 4.64. The van der Waals surface area contributed by atoms with Gasteiger partial charge in [-0.15, -0.1) is 66.0 Å². The average molecular weight is 479 g/mol. The van der Waals surface area contributed by atoms with E-state index in [1.165, 1.54) is 50.6 Å². The van der Waals surface area contributed by atoms with Crippen LogP contribution in [-0.4, -0.2) is 11.0 Å². The quantitative estimate of drug-likeness (QED) is 0.194. The molecule has 146 valence electrons. The van der Waals surface area contributed by atoms with E-state index in [0.29, 0.717) is 0 Å².